The van der Waals surface area contributed by atoms with Gasteiger partial charge in [-0.2, -0.15) is 0 Å². The lowest BCUT2D eigenvalue weighted by Gasteiger charge is -2.27. The van der Waals surface area contributed by atoms with Crippen LogP contribution in [0.4, 0.5) is 17.1 Å². The van der Waals surface area contributed by atoms with Crippen LogP contribution in [0.5, 0.6) is 0 Å². The van der Waals surface area contributed by atoms with E-state index in [1.54, 1.807) is 0 Å². The molecule has 0 spiro atoms. The van der Waals surface area contributed by atoms with Crippen molar-refractivity contribution in [3.05, 3.63) is 176 Å². The van der Waals surface area contributed by atoms with E-state index in [0.29, 0.717) is 0 Å². The maximum atomic E-state index is 4.82. The molecule has 0 saturated carbocycles. The van der Waals surface area contributed by atoms with Gasteiger partial charge in [0.15, 0.2) is 0 Å². The van der Waals surface area contributed by atoms with E-state index in [9.17, 15) is 0 Å². The Balaban J connectivity index is 1.24. The first kappa shape index (κ1) is 27.8. The van der Waals surface area contributed by atoms with Gasteiger partial charge < -0.3 is 9.47 Å². The Morgan fingerprint density at radius 3 is 2.10 bits per heavy atom. The summed E-state index contributed by atoms with van der Waals surface area (Å²) in [6, 6.07) is 61.2. The predicted molar refractivity (Wildman–Crippen MR) is 209 cm³/mol. The third-order valence-electron chi connectivity index (χ3n) is 9.62. The van der Waals surface area contributed by atoms with Gasteiger partial charge >= 0.3 is 0 Å². The van der Waals surface area contributed by atoms with Gasteiger partial charge in [-0.05, 0) is 77.9 Å². The van der Waals surface area contributed by atoms with Gasteiger partial charge in [0, 0.05) is 54.9 Å². The highest BCUT2D eigenvalue weighted by Gasteiger charge is 2.21. The average molecular weight is 644 g/mol. The Kier molecular flexibility index (Phi) is 6.36. The van der Waals surface area contributed by atoms with E-state index in [1.807, 2.05) is 23.6 Å². The summed E-state index contributed by atoms with van der Waals surface area (Å²) in [5.41, 5.74) is 10.4. The molecule has 3 aromatic heterocycles. The van der Waals surface area contributed by atoms with E-state index in [2.05, 4.69) is 173 Å². The minimum absolute atomic E-state index is 1.06. The molecule has 230 valence electrons. The highest BCUT2D eigenvalue weighted by atomic mass is 32.1. The van der Waals surface area contributed by atoms with Gasteiger partial charge in [-0.25, -0.2) is 0 Å². The number of thiophene rings is 1. The summed E-state index contributed by atoms with van der Waals surface area (Å²) in [7, 11) is 0. The lowest BCUT2D eigenvalue weighted by molar-refractivity contribution is 1.18. The quantitative estimate of drug-likeness (QED) is 0.186. The average Bonchev–Trinajstić information content (AvgIpc) is 3.72. The molecule has 4 heteroatoms. The zero-order chi connectivity index (χ0) is 32.3. The molecule has 0 amide bonds. The van der Waals surface area contributed by atoms with Crippen LogP contribution < -0.4 is 4.90 Å². The van der Waals surface area contributed by atoms with Gasteiger partial charge in [0.2, 0.25) is 0 Å². The molecule has 0 aliphatic rings. The van der Waals surface area contributed by atoms with Crippen LogP contribution in [-0.4, -0.2) is 9.55 Å². The summed E-state index contributed by atoms with van der Waals surface area (Å²) >= 11 is 1.83. The molecular formula is C45H29N3S. The number of pyridine rings is 1. The number of para-hydroxylation sites is 2. The zero-order valence-electron chi connectivity index (χ0n) is 26.5. The van der Waals surface area contributed by atoms with Crippen LogP contribution >= 0.6 is 11.3 Å². The van der Waals surface area contributed by atoms with Crippen molar-refractivity contribution in [1.29, 1.82) is 0 Å². The minimum Gasteiger partial charge on any atom is -0.310 e. The van der Waals surface area contributed by atoms with Crippen LogP contribution in [0.25, 0.3) is 69.7 Å². The Morgan fingerprint density at radius 1 is 0.510 bits per heavy atom. The second-order valence-electron chi connectivity index (χ2n) is 12.4. The Bertz CT molecular complexity index is 2820. The summed E-state index contributed by atoms with van der Waals surface area (Å²) < 4.78 is 4.85. The van der Waals surface area contributed by atoms with Crippen LogP contribution in [0, 0.1) is 0 Å². The van der Waals surface area contributed by atoms with Gasteiger partial charge in [0.05, 0.1) is 26.9 Å². The molecule has 0 bridgehead atoms. The molecule has 49 heavy (non-hydrogen) atoms. The molecule has 0 atom stereocenters. The van der Waals surface area contributed by atoms with Gasteiger partial charge in [-0.15, -0.1) is 11.3 Å². The highest BCUT2D eigenvalue weighted by molar-refractivity contribution is 7.26. The Hall–Kier alpha value is -6.23. The summed E-state index contributed by atoms with van der Waals surface area (Å²) in [5, 5.41) is 6.10. The standard InChI is InChI=1S/C45H29N3S/c1-3-11-30(12-4-1)31-20-23-34(24-21-31)47(41-18-9-19-42-43(41)37-26-22-32-13-10-28-46-44(32)45(37)49-42)35-25-27-40-38(29-35)36-16-7-8-17-39(36)48(40)33-14-5-2-6-15-33/h1-29H. The van der Waals surface area contributed by atoms with Crippen molar-refractivity contribution in [3.63, 3.8) is 0 Å². The molecule has 0 radical (unpaired) electrons. The van der Waals surface area contributed by atoms with Gasteiger partial charge in [-0.1, -0.05) is 103 Å². The molecule has 0 aliphatic heterocycles. The van der Waals surface area contributed by atoms with E-state index >= 15 is 0 Å². The monoisotopic (exact) mass is 643 g/mol. The lowest BCUT2D eigenvalue weighted by Crippen LogP contribution is -2.10. The minimum atomic E-state index is 1.06. The molecule has 7 aromatic carbocycles. The van der Waals surface area contributed by atoms with E-state index < -0.39 is 0 Å². The molecule has 10 aromatic rings. The molecule has 0 fully saturated rings. The van der Waals surface area contributed by atoms with Crippen LogP contribution in [0.15, 0.2) is 176 Å². The summed E-state index contributed by atoms with van der Waals surface area (Å²) in [5.74, 6) is 0. The zero-order valence-corrected chi connectivity index (χ0v) is 27.3. The number of aromatic nitrogens is 2. The van der Waals surface area contributed by atoms with E-state index in [1.165, 1.54) is 53.1 Å². The summed E-state index contributed by atoms with van der Waals surface area (Å²) in [6.07, 6.45) is 1.90. The second kappa shape index (κ2) is 11.2. The first-order valence-corrected chi connectivity index (χ1v) is 17.4. The number of benzene rings is 7. The first-order chi connectivity index (χ1) is 24.3. The van der Waals surface area contributed by atoms with Gasteiger partial charge in [0.1, 0.15) is 0 Å². The molecule has 0 aliphatic carbocycles. The molecule has 10 rings (SSSR count). The fraction of sp³-hybridized carbons (Fsp3) is 0. The number of nitrogens with zero attached hydrogens (tertiary/aromatic N) is 3. The largest absolute Gasteiger partial charge is 0.310 e. The van der Waals surface area contributed by atoms with E-state index in [0.717, 1.165) is 33.7 Å². The number of anilines is 3. The van der Waals surface area contributed by atoms with Crippen LogP contribution in [0.1, 0.15) is 0 Å². The third-order valence-corrected chi connectivity index (χ3v) is 10.8. The van der Waals surface area contributed by atoms with Crippen molar-refractivity contribution >= 4 is 81.3 Å². The van der Waals surface area contributed by atoms with Crippen molar-refractivity contribution < 1.29 is 0 Å². The Labute approximate surface area is 287 Å². The molecule has 0 unspecified atom stereocenters. The molecule has 0 N–H and O–H groups in total. The van der Waals surface area contributed by atoms with Crippen molar-refractivity contribution in [3.8, 4) is 16.8 Å². The SMILES string of the molecule is c1ccc(-c2ccc(N(c3ccc4c(c3)c3ccccc3n4-c3ccccc3)c3cccc4sc5c(ccc6cccnc65)c34)cc2)cc1. The number of rotatable bonds is 5. The molecule has 0 saturated heterocycles. The molecular weight excluding hydrogens is 615 g/mol. The predicted octanol–water partition coefficient (Wildman–Crippen LogP) is 12.8. The summed E-state index contributed by atoms with van der Waals surface area (Å²) in [4.78, 5) is 7.25. The lowest BCUT2D eigenvalue weighted by atomic mass is 10.0. The van der Waals surface area contributed by atoms with E-state index in [-0.39, 0.29) is 0 Å². The maximum absolute atomic E-state index is 4.82. The van der Waals surface area contributed by atoms with Crippen LogP contribution in [0.3, 0.4) is 0 Å². The maximum Gasteiger partial charge on any atom is 0.0880 e. The van der Waals surface area contributed by atoms with Crippen LogP contribution in [-0.2, 0) is 0 Å². The molecule has 3 nitrogen and oxygen atoms in total. The number of hydrogen-bond acceptors (Lipinski definition) is 3. The van der Waals surface area contributed by atoms with Gasteiger partial charge in [0.25, 0.3) is 0 Å². The smallest absolute Gasteiger partial charge is 0.0880 e. The van der Waals surface area contributed by atoms with Gasteiger partial charge in [-0.3, -0.25) is 4.98 Å². The Morgan fingerprint density at radius 2 is 1.24 bits per heavy atom. The fourth-order valence-corrected chi connectivity index (χ4v) is 8.64. The third kappa shape index (κ3) is 4.46. The van der Waals surface area contributed by atoms with Crippen LogP contribution in [0.2, 0.25) is 0 Å². The van der Waals surface area contributed by atoms with Crippen molar-refractivity contribution in [1.82, 2.24) is 9.55 Å². The highest BCUT2D eigenvalue weighted by Crippen LogP contribution is 2.47. The van der Waals surface area contributed by atoms with Crippen molar-refractivity contribution in [2.24, 2.45) is 0 Å². The molecule has 3 heterocycles. The topological polar surface area (TPSA) is 21.1 Å². The number of fused-ring (bicyclic) bond motifs is 8. The van der Waals surface area contributed by atoms with Crippen molar-refractivity contribution in [2.45, 2.75) is 0 Å². The summed E-state index contributed by atoms with van der Waals surface area (Å²) in [6.45, 7) is 0. The fourth-order valence-electron chi connectivity index (χ4n) is 7.41. The van der Waals surface area contributed by atoms with Crippen molar-refractivity contribution in [2.75, 3.05) is 4.90 Å². The van der Waals surface area contributed by atoms with E-state index in [4.69, 9.17) is 4.98 Å². The second-order valence-corrected chi connectivity index (χ2v) is 13.5. The first-order valence-electron chi connectivity index (χ1n) is 16.5. The normalized spacial score (nSPS) is 11.7. The number of hydrogen-bond donors (Lipinski definition) is 0.